The van der Waals surface area contributed by atoms with Crippen molar-refractivity contribution < 1.29 is 9.90 Å². The van der Waals surface area contributed by atoms with Gasteiger partial charge in [-0.2, -0.15) is 0 Å². The number of unbranched alkanes of at least 4 members (excludes halogenated alkanes) is 3. The van der Waals surface area contributed by atoms with Crippen LogP contribution in [0.2, 0.25) is 0 Å². The molecule has 0 spiro atoms. The molecule has 0 saturated heterocycles. The van der Waals surface area contributed by atoms with Crippen LogP contribution in [0.4, 0.5) is 0 Å². The fourth-order valence-corrected chi connectivity index (χ4v) is 1.48. The van der Waals surface area contributed by atoms with E-state index in [-0.39, 0.29) is 5.92 Å². The zero-order valence-corrected chi connectivity index (χ0v) is 8.88. The molecule has 0 bridgehead atoms. The molecule has 0 saturated carbocycles. The second-order valence-corrected chi connectivity index (χ2v) is 3.67. The summed E-state index contributed by atoms with van der Waals surface area (Å²) >= 11 is 0. The third-order valence-corrected chi connectivity index (χ3v) is 2.41. The van der Waals surface area contributed by atoms with Crippen molar-refractivity contribution in [3.05, 3.63) is 0 Å². The predicted molar refractivity (Wildman–Crippen MR) is 54.8 cm³/mol. The lowest BCUT2D eigenvalue weighted by molar-refractivity contribution is -0.142. The molecule has 0 aliphatic rings. The monoisotopic (exact) mass is 186 g/mol. The molecule has 0 aliphatic heterocycles. The fourth-order valence-electron chi connectivity index (χ4n) is 1.48. The van der Waals surface area contributed by atoms with Gasteiger partial charge in [0.25, 0.3) is 0 Å². The van der Waals surface area contributed by atoms with E-state index in [9.17, 15) is 4.79 Å². The van der Waals surface area contributed by atoms with E-state index in [4.69, 9.17) is 5.11 Å². The van der Waals surface area contributed by atoms with E-state index < -0.39 is 5.97 Å². The third kappa shape index (κ3) is 6.62. The van der Waals surface area contributed by atoms with Crippen molar-refractivity contribution in [1.82, 2.24) is 0 Å². The van der Waals surface area contributed by atoms with Gasteiger partial charge >= 0.3 is 5.97 Å². The normalized spacial score (nSPS) is 12.8. The molecule has 0 aromatic rings. The smallest absolute Gasteiger partial charge is 0.306 e. The quantitative estimate of drug-likeness (QED) is 0.589. The van der Waals surface area contributed by atoms with Gasteiger partial charge in [0.1, 0.15) is 0 Å². The molecule has 0 aliphatic carbocycles. The molecule has 1 N–H and O–H groups in total. The van der Waals surface area contributed by atoms with E-state index in [1.54, 1.807) is 0 Å². The molecule has 2 heteroatoms. The Labute approximate surface area is 81.3 Å². The minimum atomic E-state index is -0.607. The summed E-state index contributed by atoms with van der Waals surface area (Å²) in [7, 11) is 0. The first-order valence-corrected chi connectivity index (χ1v) is 5.45. The van der Waals surface area contributed by atoms with Crippen LogP contribution in [0.5, 0.6) is 0 Å². The molecule has 78 valence electrons. The summed E-state index contributed by atoms with van der Waals surface area (Å²) in [6.45, 7) is 4.24. The molecule has 1 atom stereocenters. The highest BCUT2D eigenvalue weighted by atomic mass is 16.4. The number of carboxylic acids is 1. The highest BCUT2D eigenvalue weighted by Gasteiger charge is 2.15. The van der Waals surface area contributed by atoms with Gasteiger partial charge in [-0.15, -0.1) is 0 Å². The van der Waals surface area contributed by atoms with Crippen molar-refractivity contribution in [2.75, 3.05) is 0 Å². The van der Waals surface area contributed by atoms with Gasteiger partial charge in [-0.25, -0.2) is 0 Å². The molecular weight excluding hydrogens is 164 g/mol. The Morgan fingerprint density at radius 1 is 1.08 bits per heavy atom. The first-order valence-electron chi connectivity index (χ1n) is 5.45. The zero-order chi connectivity index (χ0) is 10.1. The van der Waals surface area contributed by atoms with E-state index in [1.807, 2.05) is 0 Å². The number of hydrogen-bond donors (Lipinski definition) is 1. The summed E-state index contributed by atoms with van der Waals surface area (Å²) in [6.07, 6.45) is 7.26. The van der Waals surface area contributed by atoms with Gasteiger partial charge in [0.15, 0.2) is 0 Å². The van der Waals surface area contributed by atoms with Crippen molar-refractivity contribution in [2.24, 2.45) is 5.92 Å². The summed E-state index contributed by atoms with van der Waals surface area (Å²) in [6, 6.07) is 0. The molecule has 0 fully saturated rings. The highest BCUT2D eigenvalue weighted by molar-refractivity contribution is 5.69. The van der Waals surface area contributed by atoms with Crippen molar-refractivity contribution in [3.63, 3.8) is 0 Å². The number of rotatable bonds is 8. The number of carbonyl (C=O) groups is 1. The Bertz CT molecular complexity index is 132. The van der Waals surface area contributed by atoms with Crippen LogP contribution in [0.15, 0.2) is 0 Å². The second-order valence-electron chi connectivity index (χ2n) is 3.67. The molecule has 1 unspecified atom stereocenters. The Hall–Kier alpha value is -0.530. The first-order chi connectivity index (χ1) is 6.22. The molecule has 0 aromatic heterocycles. The van der Waals surface area contributed by atoms with Crippen molar-refractivity contribution >= 4 is 5.97 Å². The third-order valence-electron chi connectivity index (χ3n) is 2.41. The summed E-state index contributed by atoms with van der Waals surface area (Å²) in [5.74, 6) is -0.698. The maximum atomic E-state index is 10.8. The van der Waals surface area contributed by atoms with Gasteiger partial charge < -0.3 is 5.11 Å². The lowest BCUT2D eigenvalue weighted by Gasteiger charge is -2.10. The van der Waals surface area contributed by atoms with Crippen LogP contribution in [-0.2, 0) is 4.79 Å². The minimum absolute atomic E-state index is 0.0912. The summed E-state index contributed by atoms with van der Waals surface area (Å²) < 4.78 is 0. The van der Waals surface area contributed by atoms with Crippen molar-refractivity contribution in [1.29, 1.82) is 0 Å². The standard InChI is InChI=1S/C11H22O2/c1-3-5-7-9-10(11(12)13)8-6-4-2/h10H,3-9H2,1-2H3,(H,12,13). The topological polar surface area (TPSA) is 37.3 Å². The average molecular weight is 186 g/mol. The molecule has 0 heterocycles. The molecule has 2 nitrogen and oxygen atoms in total. The maximum Gasteiger partial charge on any atom is 0.306 e. The SMILES string of the molecule is CCCCCC(CCCC)C(=O)O. The van der Waals surface area contributed by atoms with Gasteiger partial charge in [-0.1, -0.05) is 46.0 Å². The number of carboxylic acid groups (broad SMARTS) is 1. The van der Waals surface area contributed by atoms with E-state index in [0.717, 1.165) is 38.5 Å². The first kappa shape index (κ1) is 12.5. The summed E-state index contributed by atoms with van der Waals surface area (Å²) in [5.41, 5.74) is 0. The van der Waals surface area contributed by atoms with Crippen LogP contribution in [0.1, 0.15) is 58.8 Å². The zero-order valence-electron chi connectivity index (χ0n) is 8.88. The Morgan fingerprint density at radius 3 is 2.08 bits per heavy atom. The number of hydrogen-bond acceptors (Lipinski definition) is 1. The van der Waals surface area contributed by atoms with Crippen LogP contribution in [0.3, 0.4) is 0 Å². The molecule has 0 rings (SSSR count). The molecule has 13 heavy (non-hydrogen) atoms. The Kier molecular flexibility index (Phi) is 7.76. The van der Waals surface area contributed by atoms with Crippen LogP contribution in [0.25, 0.3) is 0 Å². The van der Waals surface area contributed by atoms with Gasteiger partial charge in [0.05, 0.1) is 5.92 Å². The molecular formula is C11H22O2. The Morgan fingerprint density at radius 2 is 1.62 bits per heavy atom. The van der Waals surface area contributed by atoms with Crippen LogP contribution in [0, 0.1) is 5.92 Å². The van der Waals surface area contributed by atoms with E-state index in [2.05, 4.69) is 13.8 Å². The second kappa shape index (κ2) is 8.09. The molecule has 0 radical (unpaired) electrons. The van der Waals surface area contributed by atoms with E-state index >= 15 is 0 Å². The van der Waals surface area contributed by atoms with Crippen molar-refractivity contribution in [3.8, 4) is 0 Å². The highest BCUT2D eigenvalue weighted by Crippen LogP contribution is 2.16. The van der Waals surface area contributed by atoms with Crippen LogP contribution < -0.4 is 0 Å². The average Bonchev–Trinajstić information content (AvgIpc) is 2.10. The largest absolute Gasteiger partial charge is 0.481 e. The van der Waals surface area contributed by atoms with Gasteiger partial charge in [-0.05, 0) is 12.8 Å². The van der Waals surface area contributed by atoms with Crippen molar-refractivity contribution in [2.45, 2.75) is 58.8 Å². The van der Waals surface area contributed by atoms with E-state index in [0.29, 0.717) is 0 Å². The summed E-state index contributed by atoms with van der Waals surface area (Å²) in [5, 5.41) is 8.90. The van der Waals surface area contributed by atoms with Gasteiger partial charge in [-0.3, -0.25) is 4.79 Å². The summed E-state index contributed by atoms with van der Waals surface area (Å²) in [4.78, 5) is 10.8. The van der Waals surface area contributed by atoms with Crippen LogP contribution in [-0.4, -0.2) is 11.1 Å². The van der Waals surface area contributed by atoms with Gasteiger partial charge in [0, 0.05) is 0 Å². The lowest BCUT2D eigenvalue weighted by Crippen LogP contribution is -2.13. The lowest BCUT2D eigenvalue weighted by atomic mass is 9.96. The fraction of sp³-hybridized carbons (Fsp3) is 0.909. The van der Waals surface area contributed by atoms with E-state index in [1.165, 1.54) is 6.42 Å². The number of aliphatic carboxylic acids is 1. The molecule has 0 aromatic carbocycles. The Balaban J connectivity index is 3.61. The molecule has 0 amide bonds. The van der Waals surface area contributed by atoms with Crippen LogP contribution >= 0.6 is 0 Å². The van der Waals surface area contributed by atoms with Gasteiger partial charge in [0.2, 0.25) is 0 Å². The maximum absolute atomic E-state index is 10.8. The predicted octanol–water partition coefficient (Wildman–Crippen LogP) is 3.46. The minimum Gasteiger partial charge on any atom is -0.481 e.